The number of carbonyl (C=O) groups is 2. The fourth-order valence-corrected chi connectivity index (χ4v) is 4.40. The first kappa shape index (κ1) is 24.9. The zero-order valence-electron chi connectivity index (χ0n) is 20.1. The van der Waals surface area contributed by atoms with Gasteiger partial charge in [0.25, 0.3) is 11.5 Å². The molecule has 0 saturated carbocycles. The number of benzene rings is 3. The van der Waals surface area contributed by atoms with Crippen LogP contribution < -0.4 is 20.9 Å². The van der Waals surface area contributed by atoms with Gasteiger partial charge in [-0.05, 0) is 61.5 Å². The molecule has 0 fully saturated rings. The molecule has 36 heavy (non-hydrogen) atoms. The lowest BCUT2D eigenvalue weighted by atomic mass is 10.2. The molecule has 9 heteroatoms. The molecule has 0 aliphatic carbocycles. The predicted octanol–water partition coefficient (Wildman–Crippen LogP) is 4.48. The van der Waals surface area contributed by atoms with Crippen LogP contribution in [-0.4, -0.2) is 34.0 Å². The van der Waals surface area contributed by atoms with Crippen molar-refractivity contribution in [3.8, 4) is 11.4 Å². The van der Waals surface area contributed by atoms with E-state index in [9.17, 15) is 14.4 Å². The number of hydrogen-bond acceptors (Lipinski definition) is 5. The Kier molecular flexibility index (Phi) is 7.60. The Morgan fingerprint density at radius 2 is 1.67 bits per heavy atom. The molecule has 0 bridgehead atoms. The fourth-order valence-electron chi connectivity index (χ4n) is 3.65. The third kappa shape index (κ3) is 5.52. The van der Waals surface area contributed by atoms with E-state index in [-0.39, 0.29) is 28.8 Å². The van der Waals surface area contributed by atoms with Gasteiger partial charge in [-0.3, -0.25) is 19.1 Å². The van der Waals surface area contributed by atoms with Crippen molar-refractivity contribution in [1.29, 1.82) is 0 Å². The van der Waals surface area contributed by atoms with Crippen LogP contribution in [0.25, 0.3) is 5.69 Å². The summed E-state index contributed by atoms with van der Waals surface area (Å²) in [7, 11) is 3.35. The quantitative estimate of drug-likeness (QED) is 0.347. The zero-order valence-corrected chi connectivity index (χ0v) is 21.0. The first-order valence-corrected chi connectivity index (χ1v) is 12.2. The van der Waals surface area contributed by atoms with Crippen molar-refractivity contribution in [3.05, 3.63) is 100 Å². The maximum Gasteiger partial charge on any atom is 0.295 e. The van der Waals surface area contributed by atoms with Gasteiger partial charge >= 0.3 is 0 Å². The molecule has 0 unspecified atom stereocenters. The molecule has 4 rings (SSSR count). The number of para-hydroxylation sites is 1. The number of methoxy groups -OCH3 is 1. The van der Waals surface area contributed by atoms with E-state index in [2.05, 4.69) is 10.6 Å². The Bertz CT molecular complexity index is 1440. The van der Waals surface area contributed by atoms with E-state index in [0.717, 1.165) is 10.6 Å². The van der Waals surface area contributed by atoms with E-state index in [4.69, 9.17) is 4.74 Å². The molecule has 8 nitrogen and oxygen atoms in total. The second kappa shape index (κ2) is 11.0. The zero-order chi connectivity index (χ0) is 25.7. The van der Waals surface area contributed by atoms with Gasteiger partial charge in [-0.1, -0.05) is 24.3 Å². The van der Waals surface area contributed by atoms with Gasteiger partial charge in [0, 0.05) is 23.2 Å². The molecule has 3 aromatic carbocycles. The third-order valence-electron chi connectivity index (χ3n) is 5.63. The monoisotopic (exact) mass is 502 g/mol. The van der Waals surface area contributed by atoms with Gasteiger partial charge in [-0.25, -0.2) is 4.68 Å². The lowest BCUT2D eigenvalue weighted by Crippen LogP contribution is -2.23. The average Bonchev–Trinajstić information content (AvgIpc) is 3.11. The molecule has 4 aromatic rings. The van der Waals surface area contributed by atoms with E-state index in [1.54, 1.807) is 62.2 Å². The summed E-state index contributed by atoms with van der Waals surface area (Å²) in [6, 6.07) is 23.3. The van der Waals surface area contributed by atoms with Gasteiger partial charge in [0.2, 0.25) is 5.91 Å². The average molecular weight is 503 g/mol. The molecule has 0 saturated heterocycles. The number of aromatic nitrogens is 2. The van der Waals surface area contributed by atoms with Gasteiger partial charge in [-0.2, -0.15) is 0 Å². The van der Waals surface area contributed by atoms with Crippen molar-refractivity contribution in [2.75, 3.05) is 23.5 Å². The summed E-state index contributed by atoms with van der Waals surface area (Å²) in [6.45, 7) is 1.79. The Hall–Kier alpha value is -4.24. The Morgan fingerprint density at radius 3 is 2.36 bits per heavy atom. The van der Waals surface area contributed by atoms with Crippen molar-refractivity contribution >= 4 is 35.0 Å². The highest BCUT2D eigenvalue weighted by molar-refractivity contribution is 8.00. The van der Waals surface area contributed by atoms with Gasteiger partial charge in [0.15, 0.2) is 0 Å². The van der Waals surface area contributed by atoms with Crippen LogP contribution in [0.1, 0.15) is 16.1 Å². The minimum Gasteiger partial charge on any atom is -0.497 e. The van der Waals surface area contributed by atoms with Gasteiger partial charge in [-0.15, -0.1) is 11.8 Å². The summed E-state index contributed by atoms with van der Waals surface area (Å²) in [5.41, 5.74) is 2.47. The number of thioether (sulfide) groups is 1. The maximum absolute atomic E-state index is 13.0. The number of hydrogen-bond donors (Lipinski definition) is 2. The highest BCUT2D eigenvalue weighted by atomic mass is 32.2. The molecule has 0 atom stereocenters. The van der Waals surface area contributed by atoms with E-state index in [1.165, 1.54) is 16.4 Å². The van der Waals surface area contributed by atoms with Gasteiger partial charge < -0.3 is 15.4 Å². The summed E-state index contributed by atoms with van der Waals surface area (Å²) >= 11 is 1.31. The smallest absolute Gasteiger partial charge is 0.295 e. The maximum atomic E-state index is 13.0. The first-order valence-electron chi connectivity index (χ1n) is 11.2. The van der Waals surface area contributed by atoms with E-state index < -0.39 is 0 Å². The van der Waals surface area contributed by atoms with Crippen LogP contribution in [0.4, 0.5) is 11.4 Å². The van der Waals surface area contributed by atoms with Crippen LogP contribution >= 0.6 is 11.8 Å². The summed E-state index contributed by atoms with van der Waals surface area (Å²) in [5.74, 6) is 0.244. The van der Waals surface area contributed by atoms with E-state index in [1.807, 2.05) is 42.5 Å². The molecule has 0 aliphatic heterocycles. The number of nitrogens with zero attached hydrogens (tertiary/aromatic N) is 2. The van der Waals surface area contributed by atoms with Crippen LogP contribution in [-0.2, 0) is 11.8 Å². The molecule has 1 heterocycles. The highest BCUT2D eigenvalue weighted by Crippen LogP contribution is 2.23. The predicted molar refractivity (Wildman–Crippen MR) is 142 cm³/mol. The number of carbonyl (C=O) groups excluding carboxylic acids is 2. The van der Waals surface area contributed by atoms with Gasteiger partial charge in [0.1, 0.15) is 11.4 Å². The largest absolute Gasteiger partial charge is 0.497 e. The number of ether oxygens (including phenoxy) is 1. The summed E-state index contributed by atoms with van der Waals surface area (Å²) in [4.78, 5) is 39.0. The SMILES string of the molecule is COc1ccc(C(=O)Nc2cccc(SCC(=O)Nc3c(C)n(C)n(-c4ccccc4)c3=O)c2)cc1. The number of anilines is 2. The topological polar surface area (TPSA) is 94.4 Å². The molecular weight excluding hydrogens is 476 g/mol. The molecule has 0 aliphatic rings. The molecule has 0 radical (unpaired) electrons. The lowest BCUT2D eigenvalue weighted by Gasteiger charge is -2.08. The standard InChI is InChI=1S/C27H26N4O4S/c1-18-25(27(34)31(30(18)2)21-9-5-4-6-10-21)29-24(32)17-36-23-11-7-8-20(16-23)28-26(33)19-12-14-22(35-3)15-13-19/h4-16H,17H2,1-3H3,(H,28,33)(H,29,32). The third-order valence-corrected chi connectivity index (χ3v) is 6.63. The second-order valence-corrected chi connectivity index (χ2v) is 9.03. The van der Waals surface area contributed by atoms with Crippen molar-refractivity contribution in [2.45, 2.75) is 11.8 Å². The van der Waals surface area contributed by atoms with E-state index in [0.29, 0.717) is 22.7 Å². The highest BCUT2D eigenvalue weighted by Gasteiger charge is 2.18. The summed E-state index contributed by atoms with van der Waals surface area (Å²) < 4.78 is 8.36. The molecule has 2 amide bonds. The van der Waals surface area contributed by atoms with Crippen molar-refractivity contribution in [3.63, 3.8) is 0 Å². The lowest BCUT2D eigenvalue weighted by molar-refractivity contribution is -0.113. The van der Waals surface area contributed by atoms with E-state index >= 15 is 0 Å². The van der Waals surface area contributed by atoms with Crippen molar-refractivity contribution in [2.24, 2.45) is 7.05 Å². The molecular formula is C27H26N4O4S. The molecule has 1 aromatic heterocycles. The van der Waals surface area contributed by atoms with Crippen molar-refractivity contribution in [1.82, 2.24) is 9.36 Å². The Morgan fingerprint density at radius 1 is 0.944 bits per heavy atom. The van der Waals surface area contributed by atoms with Crippen LogP contribution in [0.15, 0.2) is 88.6 Å². The Labute approximate surface area is 212 Å². The molecule has 184 valence electrons. The normalized spacial score (nSPS) is 10.6. The minimum atomic E-state index is -0.293. The van der Waals surface area contributed by atoms with Crippen LogP contribution in [0.5, 0.6) is 5.75 Å². The van der Waals surface area contributed by atoms with Crippen LogP contribution in [0.2, 0.25) is 0 Å². The van der Waals surface area contributed by atoms with Crippen LogP contribution in [0, 0.1) is 6.92 Å². The first-order chi connectivity index (χ1) is 17.4. The van der Waals surface area contributed by atoms with Crippen LogP contribution in [0.3, 0.4) is 0 Å². The molecule has 0 spiro atoms. The fraction of sp³-hybridized carbons (Fsp3) is 0.148. The number of amides is 2. The number of rotatable bonds is 8. The second-order valence-electron chi connectivity index (χ2n) is 7.98. The summed E-state index contributed by atoms with van der Waals surface area (Å²) in [6.07, 6.45) is 0. The summed E-state index contributed by atoms with van der Waals surface area (Å²) in [5, 5.41) is 5.63. The van der Waals surface area contributed by atoms with Gasteiger partial charge in [0.05, 0.1) is 24.2 Å². The molecule has 2 N–H and O–H groups in total. The minimum absolute atomic E-state index is 0.106. The number of nitrogens with one attached hydrogen (secondary N) is 2. The van der Waals surface area contributed by atoms with Crippen molar-refractivity contribution < 1.29 is 14.3 Å². The Balaban J connectivity index is 1.39.